The Morgan fingerprint density at radius 1 is 1.24 bits per heavy atom. The average molecular weight is 338 g/mol. The number of nitrogens with one attached hydrogen (secondary N) is 1. The molecule has 0 radical (unpaired) electrons. The van der Waals surface area contributed by atoms with Crippen molar-refractivity contribution in [2.75, 3.05) is 13.1 Å². The van der Waals surface area contributed by atoms with Gasteiger partial charge in [0, 0.05) is 24.6 Å². The molecule has 1 amide bonds. The molecule has 5 nitrogen and oxygen atoms in total. The van der Waals surface area contributed by atoms with Crippen LogP contribution in [0.5, 0.6) is 0 Å². The monoisotopic (exact) mass is 338 g/mol. The quantitative estimate of drug-likeness (QED) is 0.911. The van der Waals surface area contributed by atoms with Crippen LogP contribution < -0.4 is 5.32 Å². The van der Waals surface area contributed by atoms with E-state index in [9.17, 15) is 4.79 Å². The number of hydrogen-bond acceptors (Lipinski definition) is 4. The Morgan fingerprint density at radius 2 is 2.16 bits per heavy atom. The summed E-state index contributed by atoms with van der Waals surface area (Å²) in [5, 5.41) is 3.43. The van der Waals surface area contributed by atoms with E-state index >= 15 is 0 Å². The van der Waals surface area contributed by atoms with E-state index in [2.05, 4.69) is 15.3 Å². The number of pyridine rings is 2. The molecule has 1 saturated heterocycles. The van der Waals surface area contributed by atoms with Crippen LogP contribution in [-0.2, 0) is 11.3 Å². The van der Waals surface area contributed by atoms with Crippen LogP contribution in [0.2, 0.25) is 0 Å². The van der Waals surface area contributed by atoms with Crippen molar-refractivity contribution >= 4 is 5.91 Å². The molecule has 0 spiro atoms. The van der Waals surface area contributed by atoms with E-state index in [1.165, 1.54) is 0 Å². The predicted molar refractivity (Wildman–Crippen MR) is 97.9 cm³/mol. The highest BCUT2D eigenvalue weighted by Crippen LogP contribution is 2.23. The topological polar surface area (TPSA) is 58.1 Å². The highest BCUT2D eigenvalue weighted by Gasteiger charge is 2.29. The van der Waals surface area contributed by atoms with E-state index in [1.54, 1.807) is 18.6 Å². The van der Waals surface area contributed by atoms with Gasteiger partial charge in [-0.25, -0.2) is 0 Å². The van der Waals surface area contributed by atoms with E-state index in [1.807, 2.05) is 42.2 Å². The lowest BCUT2D eigenvalue weighted by molar-refractivity contribution is -0.135. The molecule has 0 saturated carbocycles. The number of rotatable bonds is 5. The minimum Gasteiger partial charge on any atom is -0.333 e. The maximum absolute atomic E-state index is 13.3. The summed E-state index contributed by atoms with van der Waals surface area (Å²) in [6.07, 6.45) is 8.43. The van der Waals surface area contributed by atoms with Crippen LogP contribution in [0.4, 0.5) is 0 Å². The fraction of sp³-hybridized carbons (Fsp3) is 0.450. The zero-order valence-electron chi connectivity index (χ0n) is 14.8. The summed E-state index contributed by atoms with van der Waals surface area (Å²) in [5.74, 6) is -0.0424. The Kier molecular flexibility index (Phi) is 6.12. The number of carbonyl (C=O) groups excluding carboxylic acids is 1. The molecule has 1 aliphatic heterocycles. The smallest absolute Gasteiger partial charge is 0.230 e. The van der Waals surface area contributed by atoms with Gasteiger partial charge in [-0.3, -0.25) is 14.8 Å². The number of aromatic nitrogens is 2. The zero-order valence-corrected chi connectivity index (χ0v) is 14.8. The first-order chi connectivity index (χ1) is 12.3. The van der Waals surface area contributed by atoms with Crippen molar-refractivity contribution in [3.05, 3.63) is 60.2 Å². The molecule has 0 bridgehead atoms. The lowest BCUT2D eigenvalue weighted by Crippen LogP contribution is -2.42. The van der Waals surface area contributed by atoms with Gasteiger partial charge >= 0.3 is 0 Å². The fourth-order valence-corrected chi connectivity index (χ4v) is 3.39. The number of nitrogens with zero attached hydrogens (tertiary/aromatic N) is 3. The van der Waals surface area contributed by atoms with Crippen molar-refractivity contribution in [1.29, 1.82) is 0 Å². The summed E-state index contributed by atoms with van der Waals surface area (Å²) < 4.78 is 0. The normalized spacial score (nSPS) is 19.0. The van der Waals surface area contributed by atoms with Gasteiger partial charge in [-0.15, -0.1) is 0 Å². The Bertz CT molecular complexity index is 654. The summed E-state index contributed by atoms with van der Waals surface area (Å²) in [7, 11) is 0. The molecule has 1 N–H and O–H groups in total. The third-order valence-electron chi connectivity index (χ3n) is 4.88. The lowest BCUT2D eigenvalue weighted by atomic mass is 9.98. The van der Waals surface area contributed by atoms with Crippen LogP contribution in [0.25, 0.3) is 0 Å². The maximum atomic E-state index is 13.3. The Labute approximate surface area is 149 Å². The number of hydrogen-bond donors (Lipinski definition) is 1. The van der Waals surface area contributed by atoms with Crippen molar-refractivity contribution in [2.45, 2.75) is 44.7 Å². The summed E-state index contributed by atoms with van der Waals surface area (Å²) in [6, 6.07) is 9.99. The van der Waals surface area contributed by atoms with Crippen LogP contribution in [0, 0.1) is 0 Å². The first kappa shape index (κ1) is 17.5. The summed E-state index contributed by atoms with van der Waals surface area (Å²) in [6.45, 7) is 4.52. The molecule has 3 rings (SSSR count). The summed E-state index contributed by atoms with van der Waals surface area (Å²) in [5.41, 5.74) is 1.90. The first-order valence-electron chi connectivity index (χ1n) is 9.06. The minimum atomic E-state index is -0.200. The van der Waals surface area contributed by atoms with E-state index < -0.39 is 0 Å². The van der Waals surface area contributed by atoms with E-state index in [4.69, 9.17) is 0 Å². The minimum absolute atomic E-state index is 0.158. The van der Waals surface area contributed by atoms with Crippen molar-refractivity contribution in [3.8, 4) is 0 Å². The van der Waals surface area contributed by atoms with Gasteiger partial charge in [0.05, 0.1) is 18.2 Å². The highest BCUT2D eigenvalue weighted by atomic mass is 16.2. The molecule has 2 atom stereocenters. The van der Waals surface area contributed by atoms with Gasteiger partial charge in [-0.2, -0.15) is 0 Å². The Balaban J connectivity index is 1.82. The molecule has 0 aromatic carbocycles. The number of amides is 1. The van der Waals surface area contributed by atoms with Crippen molar-refractivity contribution in [3.63, 3.8) is 0 Å². The van der Waals surface area contributed by atoms with Gasteiger partial charge in [-0.05, 0) is 63.0 Å². The molecule has 1 fully saturated rings. The van der Waals surface area contributed by atoms with Crippen LogP contribution in [0.15, 0.2) is 48.9 Å². The molecule has 2 unspecified atom stereocenters. The van der Waals surface area contributed by atoms with Gasteiger partial charge in [0.2, 0.25) is 5.91 Å². The fourth-order valence-electron chi connectivity index (χ4n) is 3.39. The van der Waals surface area contributed by atoms with Crippen molar-refractivity contribution in [2.24, 2.45) is 0 Å². The summed E-state index contributed by atoms with van der Waals surface area (Å²) >= 11 is 0. The highest BCUT2D eigenvalue weighted by molar-refractivity contribution is 5.83. The molecule has 1 aliphatic rings. The largest absolute Gasteiger partial charge is 0.333 e. The van der Waals surface area contributed by atoms with Gasteiger partial charge in [-0.1, -0.05) is 12.1 Å². The first-order valence-corrected chi connectivity index (χ1v) is 9.06. The van der Waals surface area contributed by atoms with Gasteiger partial charge in [0.15, 0.2) is 0 Å². The van der Waals surface area contributed by atoms with Gasteiger partial charge in [0.25, 0.3) is 0 Å². The Hall–Kier alpha value is -2.27. The van der Waals surface area contributed by atoms with E-state index in [0.717, 1.165) is 43.6 Å². The van der Waals surface area contributed by atoms with Crippen molar-refractivity contribution in [1.82, 2.24) is 20.2 Å². The van der Waals surface area contributed by atoms with Crippen LogP contribution >= 0.6 is 0 Å². The second-order valence-corrected chi connectivity index (χ2v) is 6.63. The molecule has 0 aliphatic carbocycles. The van der Waals surface area contributed by atoms with Gasteiger partial charge in [0.1, 0.15) is 0 Å². The zero-order chi connectivity index (χ0) is 17.5. The SMILES string of the molecule is CC(C(=O)N(Cc1ccccn1)C1CCCNCC1)c1cccnc1. The lowest BCUT2D eigenvalue weighted by Gasteiger charge is -2.33. The van der Waals surface area contributed by atoms with Gasteiger partial charge < -0.3 is 10.2 Å². The molecule has 2 aromatic rings. The molecule has 5 heteroatoms. The predicted octanol–water partition coefficient (Wildman–Crippen LogP) is 2.75. The molecule has 3 heterocycles. The molecular weight excluding hydrogens is 312 g/mol. The number of carbonyl (C=O) groups is 1. The van der Waals surface area contributed by atoms with Crippen LogP contribution in [-0.4, -0.2) is 39.9 Å². The Morgan fingerprint density at radius 3 is 2.92 bits per heavy atom. The molecule has 2 aromatic heterocycles. The van der Waals surface area contributed by atoms with Crippen LogP contribution in [0.3, 0.4) is 0 Å². The standard InChI is InChI=1S/C20H26N4O/c1-16(17-6-4-11-22-14-17)20(25)24(15-18-7-2-3-12-23-18)19-8-5-10-21-13-9-19/h2-4,6-7,11-12,14,16,19,21H,5,8-10,13,15H2,1H3. The third-order valence-corrected chi connectivity index (χ3v) is 4.88. The third kappa shape index (κ3) is 4.63. The summed E-state index contributed by atoms with van der Waals surface area (Å²) in [4.78, 5) is 23.9. The second-order valence-electron chi connectivity index (χ2n) is 6.63. The second kappa shape index (κ2) is 8.72. The molecule has 132 valence electrons. The molecular formula is C20H26N4O. The molecule has 25 heavy (non-hydrogen) atoms. The maximum Gasteiger partial charge on any atom is 0.230 e. The van der Waals surface area contributed by atoms with E-state index in [0.29, 0.717) is 6.54 Å². The van der Waals surface area contributed by atoms with Crippen molar-refractivity contribution < 1.29 is 4.79 Å². The van der Waals surface area contributed by atoms with E-state index in [-0.39, 0.29) is 17.9 Å². The average Bonchev–Trinajstić information content (AvgIpc) is 2.96. The van der Waals surface area contributed by atoms with Crippen LogP contribution in [0.1, 0.15) is 43.4 Å².